The average molecular weight is 414 g/mol. The van der Waals surface area contributed by atoms with E-state index in [0.29, 0.717) is 0 Å². The van der Waals surface area contributed by atoms with E-state index < -0.39 is 0 Å². The van der Waals surface area contributed by atoms with Gasteiger partial charge < -0.3 is 0 Å². The van der Waals surface area contributed by atoms with Gasteiger partial charge in [-0.25, -0.2) is 0 Å². The van der Waals surface area contributed by atoms with Gasteiger partial charge in [0.1, 0.15) is 0 Å². The third kappa shape index (κ3) is 5.30. The molecule has 0 N–H and O–H groups in total. The molecule has 0 amide bonds. The van der Waals surface area contributed by atoms with Crippen LogP contribution in [0.25, 0.3) is 0 Å². The van der Waals surface area contributed by atoms with Gasteiger partial charge in [0, 0.05) is 0 Å². The predicted molar refractivity (Wildman–Crippen MR) is 69.9 cm³/mol. The van der Waals surface area contributed by atoms with Crippen LogP contribution < -0.4 is 2.81 Å². The van der Waals surface area contributed by atoms with E-state index in [1.54, 1.807) is 0 Å². The number of hydrogen-bond acceptors (Lipinski definition) is 1. The molecular weight excluding hydrogens is 393 g/mol. The molecule has 0 saturated heterocycles. The first-order valence-electron chi connectivity index (χ1n) is 6.27. The molecule has 0 aromatic heterocycles. The van der Waals surface area contributed by atoms with Gasteiger partial charge in [0.15, 0.2) is 0 Å². The van der Waals surface area contributed by atoms with Crippen molar-refractivity contribution in [1.82, 2.24) is 0 Å². The molecule has 88 valence electrons. The summed E-state index contributed by atoms with van der Waals surface area (Å²) >= 11 is 0.979. The zero-order valence-corrected chi connectivity index (χ0v) is 13.6. The summed E-state index contributed by atoms with van der Waals surface area (Å²) in [6.07, 6.45) is 9.31. The fourth-order valence-corrected chi connectivity index (χ4v) is 2.59. The zero-order valence-electron chi connectivity index (χ0n) is 10.1. The molecule has 0 atom stereocenters. The number of aryl methyl sites for hydroxylation is 1. The van der Waals surface area contributed by atoms with E-state index in [1.807, 2.05) is 6.07 Å². The van der Waals surface area contributed by atoms with Crippen molar-refractivity contribution in [2.45, 2.75) is 51.9 Å². The first-order chi connectivity index (χ1) is 7.88. The molecule has 0 spiro atoms. The summed E-state index contributed by atoms with van der Waals surface area (Å²) in [5.74, 6) is 1.09. The minimum absolute atomic E-state index is 0.979. The van der Waals surface area contributed by atoms with Crippen molar-refractivity contribution < 1.29 is 2.81 Å². The van der Waals surface area contributed by atoms with Gasteiger partial charge in [-0.2, -0.15) is 0 Å². The van der Waals surface area contributed by atoms with Gasteiger partial charge in [0.05, 0.1) is 0 Å². The summed E-state index contributed by atoms with van der Waals surface area (Å²) in [7, 11) is 0. The zero-order chi connectivity index (χ0) is 11.6. The number of para-hydroxylation sites is 1. The van der Waals surface area contributed by atoms with Crippen LogP contribution in [0.15, 0.2) is 24.3 Å². The summed E-state index contributed by atoms with van der Waals surface area (Å²) < 4.78 is 5.45. The van der Waals surface area contributed by atoms with Crippen molar-refractivity contribution in [3.63, 3.8) is 0 Å². The first-order valence-corrected chi connectivity index (χ1v) is 7.69. The summed E-state index contributed by atoms with van der Waals surface area (Å²) in [5.41, 5.74) is 1.38. The Hall–Kier alpha value is -0.0969. The van der Waals surface area contributed by atoms with E-state index in [9.17, 15) is 0 Å². The number of benzene rings is 1. The molecule has 0 fully saturated rings. The van der Waals surface area contributed by atoms with Gasteiger partial charge in [0.25, 0.3) is 0 Å². The Morgan fingerprint density at radius 1 is 1.00 bits per heavy atom. The number of unbranched alkanes of at least 4 members (excludes halogenated alkanes) is 5. The van der Waals surface area contributed by atoms with Gasteiger partial charge in [-0.15, -0.1) is 0 Å². The monoisotopic (exact) mass is 414 g/mol. The Balaban J connectivity index is 2.21. The van der Waals surface area contributed by atoms with Crippen molar-refractivity contribution in [3.8, 4) is 5.75 Å². The molecule has 1 rings (SSSR count). The van der Waals surface area contributed by atoms with E-state index in [-0.39, 0.29) is 0 Å². The molecule has 0 unspecified atom stereocenters. The van der Waals surface area contributed by atoms with Gasteiger partial charge in [0.2, 0.25) is 0 Å². The third-order valence-corrected chi connectivity index (χ3v) is 3.64. The Morgan fingerprint density at radius 2 is 1.69 bits per heavy atom. The quantitative estimate of drug-likeness (QED) is 0.461. The average Bonchev–Trinajstić information content (AvgIpc) is 2.34. The van der Waals surface area contributed by atoms with Crippen LogP contribution in [0.1, 0.15) is 51.0 Å². The molecule has 0 aliphatic rings. The minimum atomic E-state index is 0.979. The molecule has 1 aromatic carbocycles. The van der Waals surface area contributed by atoms with Crippen LogP contribution in [0.5, 0.6) is 5.75 Å². The molecule has 0 saturated carbocycles. The van der Waals surface area contributed by atoms with Gasteiger partial charge in [-0.1, -0.05) is 0 Å². The van der Waals surface area contributed by atoms with E-state index in [0.717, 1.165) is 30.9 Å². The van der Waals surface area contributed by atoms with Crippen molar-refractivity contribution in [2.75, 3.05) is 0 Å². The fraction of sp³-hybridized carbons (Fsp3) is 0.571. The van der Waals surface area contributed by atoms with Gasteiger partial charge in [-0.3, -0.25) is 0 Å². The second-order valence-corrected chi connectivity index (χ2v) is 4.93. The summed E-state index contributed by atoms with van der Waals surface area (Å²) in [6.45, 7) is 2.26. The van der Waals surface area contributed by atoms with Crippen LogP contribution in [-0.2, 0) is 6.42 Å². The molecule has 1 aromatic rings. The van der Waals surface area contributed by atoms with Gasteiger partial charge >= 0.3 is 115 Å². The second kappa shape index (κ2) is 8.99. The molecule has 0 bridgehead atoms. The maximum absolute atomic E-state index is 5.45. The standard InChI is InChI=1S/C14H22O.Bi/c1-2-3-4-5-6-7-10-13-11-8-9-12-14(13)15;/h8-9,11-12,15H,2-7,10H2,1H3;/q;+1/p-1. The molecule has 0 heterocycles. The first kappa shape index (κ1) is 14.0. The van der Waals surface area contributed by atoms with Crippen molar-refractivity contribution in [1.29, 1.82) is 0 Å². The number of hydrogen-bond donors (Lipinski definition) is 0. The van der Waals surface area contributed by atoms with Crippen molar-refractivity contribution in [3.05, 3.63) is 29.8 Å². The molecule has 16 heavy (non-hydrogen) atoms. The van der Waals surface area contributed by atoms with Crippen molar-refractivity contribution >= 4 is 25.2 Å². The Kier molecular flexibility index (Phi) is 7.85. The SMILES string of the molecule is CCCCCCCCc1ccccc1[O][Bi]. The van der Waals surface area contributed by atoms with E-state index >= 15 is 0 Å². The Labute approximate surface area is 115 Å². The molecule has 2 heteroatoms. The molecule has 2 radical (unpaired) electrons. The molecule has 1 nitrogen and oxygen atoms in total. The van der Waals surface area contributed by atoms with Crippen LogP contribution in [0.2, 0.25) is 0 Å². The Morgan fingerprint density at radius 3 is 2.44 bits per heavy atom. The summed E-state index contributed by atoms with van der Waals surface area (Å²) in [4.78, 5) is 0. The fourth-order valence-electron chi connectivity index (χ4n) is 1.90. The van der Waals surface area contributed by atoms with E-state index in [1.165, 1.54) is 50.5 Å². The van der Waals surface area contributed by atoms with Crippen LogP contribution >= 0.6 is 0 Å². The normalized spacial score (nSPS) is 10.4. The third-order valence-electron chi connectivity index (χ3n) is 2.87. The van der Waals surface area contributed by atoms with Crippen LogP contribution in [0, 0.1) is 0 Å². The van der Waals surface area contributed by atoms with Gasteiger partial charge in [-0.05, 0) is 0 Å². The van der Waals surface area contributed by atoms with Crippen LogP contribution in [0.3, 0.4) is 0 Å². The predicted octanol–water partition coefficient (Wildman–Crippen LogP) is 4.05. The molecule has 0 aliphatic carbocycles. The summed E-state index contributed by atoms with van der Waals surface area (Å²) in [5, 5.41) is 0. The van der Waals surface area contributed by atoms with E-state index in [2.05, 4.69) is 25.1 Å². The maximum atomic E-state index is 5.45. The molecular formula is C14H21BiO. The Bertz CT molecular complexity index is 286. The van der Waals surface area contributed by atoms with Crippen molar-refractivity contribution in [2.24, 2.45) is 0 Å². The van der Waals surface area contributed by atoms with Crippen LogP contribution in [0.4, 0.5) is 0 Å². The van der Waals surface area contributed by atoms with Crippen LogP contribution in [-0.4, -0.2) is 25.2 Å². The molecule has 0 aliphatic heterocycles. The topological polar surface area (TPSA) is 9.23 Å². The second-order valence-electron chi connectivity index (χ2n) is 4.22. The summed E-state index contributed by atoms with van der Waals surface area (Å²) in [6, 6.07) is 8.42. The van der Waals surface area contributed by atoms with E-state index in [4.69, 9.17) is 2.81 Å². The number of rotatable bonds is 8.